The number of unbranched alkanes of at least 4 members (excludes halogenated alkanes) is 6. The minimum atomic E-state index is -0.305. The molecule has 0 amide bonds. The van der Waals surface area contributed by atoms with Crippen LogP contribution in [0.3, 0.4) is 0 Å². The first-order valence-corrected chi connectivity index (χ1v) is 11.9. The zero-order valence-corrected chi connectivity index (χ0v) is 17.4. The van der Waals surface area contributed by atoms with Gasteiger partial charge >= 0.3 is 0 Å². The standard InChI is InChI=1S/C24H46O/c1-3-5-7-8-10-18-24(25)19-16-23(17-20-24)22-14-12-21(13-15-22)11-9-6-4-2/h21-23,25H,3-20H2,1-2H3. The summed E-state index contributed by atoms with van der Waals surface area (Å²) < 4.78 is 0. The summed E-state index contributed by atoms with van der Waals surface area (Å²) in [7, 11) is 0. The van der Waals surface area contributed by atoms with Gasteiger partial charge in [0, 0.05) is 0 Å². The molecule has 0 aromatic carbocycles. The second-order valence-corrected chi connectivity index (χ2v) is 9.50. The lowest BCUT2D eigenvalue weighted by Crippen LogP contribution is -2.36. The fraction of sp³-hybridized carbons (Fsp3) is 1.00. The molecule has 0 spiro atoms. The molecule has 1 heteroatoms. The van der Waals surface area contributed by atoms with Crippen molar-refractivity contribution >= 4 is 0 Å². The van der Waals surface area contributed by atoms with Gasteiger partial charge in [-0.3, -0.25) is 0 Å². The molecule has 2 aliphatic carbocycles. The van der Waals surface area contributed by atoms with Crippen molar-refractivity contribution < 1.29 is 5.11 Å². The summed E-state index contributed by atoms with van der Waals surface area (Å²) in [6.45, 7) is 4.58. The summed E-state index contributed by atoms with van der Waals surface area (Å²) in [5, 5.41) is 10.9. The van der Waals surface area contributed by atoms with Gasteiger partial charge in [0.1, 0.15) is 0 Å². The van der Waals surface area contributed by atoms with Gasteiger partial charge in [-0.25, -0.2) is 0 Å². The molecule has 0 bridgehead atoms. The zero-order chi connectivity index (χ0) is 18.0. The predicted octanol–water partition coefficient (Wildman–Crippen LogP) is 7.65. The van der Waals surface area contributed by atoms with Crippen LogP contribution in [0.2, 0.25) is 0 Å². The lowest BCUT2D eigenvalue weighted by Gasteiger charge is -2.41. The van der Waals surface area contributed by atoms with Gasteiger partial charge in [0.15, 0.2) is 0 Å². The van der Waals surface area contributed by atoms with Gasteiger partial charge < -0.3 is 5.11 Å². The van der Waals surface area contributed by atoms with Crippen LogP contribution in [-0.2, 0) is 0 Å². The average Bonchev–Trinajstić information content (AvgIpc) is 2.63. The highest BCUT2D eigenvalue weighted by atomic mass is 16.3. The maximum atomic E-state index is 10.9. The van der Waals surface area contributed by atoms with Crippen molar-refractivity contribution in [1.82, 2.24) is 0 Å². The van der Waals surface area contributed by atoms with Gasteiger partial charge in [0.2, 0.25) is 0 Å². The van der Waals surface area contributed by atoms with E-state index in [1.54, 1.807) is 0 Å². The SMILES string of the molecule is CCCCCCCC1(O)CCC(C2CCC(CCCCC)CC2)CC1. The van der Waals surface area contributed by atoms with Crippen LogP contribution in [0.15, 0.2) is 0 Å². The molecule has 2 fully saturated rings. The van der Waals surface area contributed by atoms with Crippen molar-refractivity contribution in [2.75, 3.05) is 0 Å². The first-order chi connectivity index (χ1) is 12.2. The third kappa shape index (κ3) is 7.61. The Hall–Kier alpha value is -0.0400. The van der Waals surface area contributed by atoms with E-state index in [2.05, 4.69) is 13.8 Å². The number of aliphatic hydroxyl groups is 1. The maximum absolute atomic E-state index is 10.9. The molecule has 0 atom stereocenters. The molecule has 1 nitrogen and oxygen atoms in total. The first kappa shape index (κ1) is 21.3. The summed E-state index contributed by atoms with van der Waals surface area (Å²) >= 11 is 0. The molecular weight excluding hydrogens is 304 g/mol. The largest absolute Gasteiger partial charge is 0.390 e. The normalized spacial score (nSPS) is 33.5. The lowest BCUT2D eigenvalue weighted by atomic mass is 9.67. The Morgan fingerprint density at radius 3 is 1.88 bits per heavy atom. The van der Waals surface area contributed by atoms with Gasteiger partial charge in [-0.05, 0) is 62.7 Å². The number of hydrogen-bond acceptors (Lipinski definition) is 1. The molecule has 2 aliphatic rings. The monoisotopic (exact) mass is 350 g/mol. The molecule has 0 heterocycles. The second kappa shape index (κ2) is 11.6. The highest BCUT2D eigenvalue weighted by Crippen LogP contribution is 2.44. The fourth-order valence-electron chi connectivity index (χ4n) is 5.59. The Balaban J connectivity index is 1.60. The van der Waals surface area contributed by atoms with Crippen molar-refractivity contribution in [3.05, 3.63) is 0 Å². The third-order valence-electron chi connectivity index (χ3n) is 7.48. The van der Waals surface area contributed by atoms with Crippen LogP contribution >= 0.6 is 0 Å². The van der Waals surface area contributed by atoms with Crippen molar-refractivity contribution in [3.63, 3.8) is 0 Å². The predicted molar refractivity (Wildman–Crippen MR) is 110 cm³/mol. The number of rotatable bonds is 11. The Kier molecular flexibility index (Phi) is 9.89. The molecule has 25 heavy (non-hydrogen) atoms. The van der Waals surface area contributed by atoms with E-state index in [4.69, 9.17) is 0 Å². The van der Waals surface area contributed by atoms with Crippen molar-refractivity contribution in [1.29, 1.82) is 0 Å². The Bertz CT molecular complexity index is 321. The molecule has 2 saturated carbocycles. The highest BCUT2D eigenvalue weighted by Gasteiger charge is 2.36. The summed E-state index contributed by atoms with van der Waals surface area (Å²) in [4.78, 5) is 0. The summed E-state index contributed by atoms with van der Waals surface area (Å²) in [6.07, 6.45) is 24.1. The van der Waals surface area contributed by atoms with Crippen LogP contribution in [0, 0.1) is 17.8 Å². The van der Waals surface area contributed by atoms with E-state index in [9.17, 15) is 5.11 Å². The van der Waals surface area contributed by atoms with E-state index >= 15 is 0 Å². The van der Waals surface area contributed by atoms with E-state index in [0.29, 0.717) is 0 Å². The molecule has 148 valence electrons. The molecule has 0 unspecified atom stereocenters. The van der Waals surface area contributed by atoms with Crippen LogP contribution < -0.4 is 0 Å². The molecule has 2 rings (SSSR count). The summed E-state index contributed by atoms with van der Waals surface area (Å²) in [6, 6.07) is 0. The Morgan fingerprint density at radius 1 is 0.680 bits per heavy atom. The van der Waals surface area contributed by atoms with Gasteiger partial charge in [0.05, 0.1) is 5.60 Å². The zero-order valence-electron chi connectivity index (χ0n) is 17.4. The minimum Gasteiger partial charge on any atom is -0.390 e. The van der Waals surface area contributed by atoms with Gasteiger partial charge in [0.25, 0.3) is 0 Å². The second-order valence-electron chi connectivity index (χ2n) is 9.50. The van der Waals surface area contributed by atoms with Crippen LogP contribution in [0.5, 0.6) is 0 Å². The molecule has 0 aromatic heterocycles. The van der Waals surface area contributed by atoms with Crippen LogP contribution in [-0.4, -0.2) is 10.7 Å². The minimum absolute atomic E-state index is 0.305. The van der Waals surface area contributed by atoms with Crippen molar-refractivity contribution in [2.24, 2.45) is 17.8 Å². The van der Waals surface area contributed by atoms with E-state index in [1.807, 2.05) is 0 Å². The third-order valence-corrected chi connectivity index (χ3v) is 7.48. The Labute approximate surface area is 158 Å². The average molecular weight is 351 g/mol. The lowest BCUT2D eigenvalue weighted by molar-refractivity contribution is -0.0294. The number of hydrogen-bond donors (Lipinski definition) is 1. The molecule has 0 saturated heterocycles. The molecule has 0 aliphatic heterocycles. The van der Waals surface area contributed by atoms with Gasteiger partial charge in [-0.2, -0.15) is 0 Å². The maximum Gasteiger partial charge on any atom is 0.0648 e. The van der Waals surface area contributed by atoms with Crippen molar-refractivity contribution in [3.8, 4) is 0 Å². The van der Waals surface area contributed by atoms with Gasteiger partial charge in [-0.1, -0.05) is 84.5 Å². The first-order valence-electron chi connectivity index (χ1n) is 11.9. The van der Waals surface area contributed by atoms with Crippen LogP contribution in [0.25, 0.3) is 0 Å². The van der Waals surface area contributed by atoms with Gasteiger partial charge in [-0.15, -0.1) is 0 Å². The summed E-state index contributed by atoms with van der Waals surface area (Å²) in [5.41, 5.74) is -0.305. The fourth-order valence-corrected chi connectivity index (χ4v) is 5.59. The van der Waals surface area contributed by atoms with E-state index in [0.717, 1.165) is 37.0 Å². The smallest absolute Gasteiger partial charge is 0.0648 e. The molecule has 1 N–H and O–H groups in total. The molecule has 0 radical (unpaired) electrons. The van der Waals surface area contributed by atoms with Crippen LogP contribution in [0.4, 0.5) is 0 Å². The highest BCUT2D eigenvalue weighted by molar-refractivity contribution is 4.89. The van der Waals surface area contributed by atoms with E-state index in [1.165, 1.54) is 96.3 Å². The topological polar surface area (TPSA) is 20.2 Å². The van der Waals surface area contributed by atoms with E-state index < -0.39 is 0 Å². The molecule has 0 aromatic rings. The van der Waals surface area contributed by atoms with Crippen LogP contribution in [0.1, 0.15) is 129 Å². The quantitative estimate of drug-likeness (QED) is 0.379. The molecular formula is C24H46O. The van der Waals surface area contributed by atoms with Crippen molar-refractivity contribution in [2.45, 2.75) is 135 Å². The summed E-state index contributed by atoms with van der Waals surface area (Å²) in [5.74, 6) is 2.94. The Morgan fingerprint density at radius 2 is 1.24 bits per heavy atom. The van der Waals surface area contributed by atoms with E-state index in [-0.39, 0.29) is 5.60 Å².